The molecule has 0 saturated carbocycles. The van der Waals surface area contributed by atoms with E-state index in [0.717, 1.165) is 11.8 Å². The Kier molecular flexibility index (Phi) is 7.67. The van der Waals surface area contributed by atoms with Crippen molar-refractivity contribution in [3.63, 3.8) is 0 Å². The van der Waals surface area contributed by atoms with E-state index in [9.17, 15) is 14.4 Å². The molecular weight excluding hydrogens is 284 g/mol. The zero-order valence-corrected chi connectivity index (χ0v) is 12.6. The second-order valence-electron chi connectivity index (χ2n) is 5.33. The van der Waals surface area contributed by atoms with Crippen molar-refractivity contribution >= 4 is 18.3 Å². The molecule has 2 atom stereocenters. The average molecular weight is 306 g/mol. The number of benzene rings is 1. The lowest BCUT2D eigenvalue weighted by molar-refractivity contribution is -0.124. The molecule has 22 heavy (non-hydrogen) atoms. The molecule has 3 N–H and O–H groups in total. The molecule has 1 rings (SSSR count). The number of amides is 2. The average Bonchev–Trinajstić information content (AvgIpc) is 2.47. The maximum atomic E-state index is 11.9. The summed E-state index contributed by atoms with van der Waals surface area (Å²) in [6.07, 6.45) is 0.970. The van der Waals surface area contributed by atoms with E-state index in [-0.39, 0.29) is 18.2 Å². The molecule has 0 radical (unpaired) electrons. The summed E-state index contributed by atoms with van der Waals surface area (Å²) in [5.74, 6) is -0.160. The molecule has 0 aliphatic heterocycles. The maximum Gasteiger partial charge on any atom is 0.404 e. The van der Waals surface area contributed by atoms with E-state index in [1.54, 1.807) is 0 Å². The molecule has 0 aromatic heterocycles. The molecule has 2 amide bonds. The van der Waals surface area contributed by atoms with Crippen molar-refractivity contribution in [3.8, 4) is 0 Å². The maximum absolute atomic E-state index is 11.9. The number of aldehydes is 1. The zero-order valence-electron chi connectivity index (χ0n) is 12.6. The van der Waals surface area contributed by atoms with Gasteiger partial charge in [-0.05, 0) is 24.3 Å². The number of carbonyl (C=O) groups is 3. The summed E-state index contributed by atoms with van der Waals surface area (Å²) in [5, 5.41) is 13.4. The molecule has 0 saturated heterocycles. The minimum atomic E-state index is -1.07. The van der Waals surface area contributed by atoms with Crippen LogP contribution in [-0.2, 0) is 16.0 Å². The molecule has 120 valence electrons. The molecule has 1 aromatic rings. The van der Waals surface area contributed by atoms with Crippen LogP contribution >= 0.6 is 0 Å². The third-order valence-electron chi connectivity index (χ3n) is 3.26. The predicted octanol–water partition coefficient (Wildman–Crippen LogP) is 1.60. The SMILES string of the molecule is CC(CCNC(=O)O)CC(=O)NC(C=O)Cc1ccccc1. The van der Waals surface area contributed by atoms with Crippen molar-refractivity contribution in [2.75, 3.05) is 6.54 Å². The summed E-state index contributed by atoms with van der Waals surface area (Å²) in [4.78, 5) is 33.3. The molecule has 0 aliphatic rings. The molecule has 0 spiro atoms. The minimum Gasteiger partial charge on any atom is -0.465 e. The van der Waals surface area contributed by atoms with Crippen LogP contribution in [0.2, 0.25) is 0 Å². The van der Waals surface area contributed by atoms with Crippen LogP contribution in [0.3, 0.4) is 0 Å². The van der Waals surface area contributed by atoms with Crippen molar-refractivity contribution in [1.82, 2.24) is 10.6 Å². The number of hydrogen-bond donors (Lipinski definition) is 3. The highest BCUT2D eigenvalue weighted by Crippen LogP contribution is 2.07. The van der Waals surface area contributed by atoms with Crippen molar-refractivity contribution in [3.05, 3.63) is 35.9 Å². The van der Waals surface area contributed by atoms with E-state index in [1.165, 1.54) is 0 Å². The molecule has 6 nitrogen and oxygen atoms in total. The first-order valence-electron chi connectivity index (χ1n) is 7.26. The standard InChI is InChI=1S/C16H22N2O4/c1-12(7-8-17-16(21)22)9-15(20)18-14(11-19)10-13-5-3-2-4-6-13/h2-6,11-12,14,17H,7-10H2,1H3,(H,18,20)(H,21,22). The van der Waals surface area contributed by atoms with E-state index in [2.05, 4.69) is 10.6 Å². The Morgan fingerprint density at radius 3 is 2.55 bits per heavy atom. The third-order valence-corrected chi connectivity index (χ3v) is 3.26. The summed E-state index contributed by atoms with van der Waals surface area (Å²) >= 11 is 0. The fraction of sp³-hybridized carbons (Fsp3) is 0.438. The third kappa shape index (κ3) is 7.42. The lowest BCUT2D eigenvalue weighted by Crippen LogP contribution is -2.38. The van der Waals surface area contributed by atoms with Gasteiger partial charge in [-0.3, -0.25) is 4.79 Å². The predicted molar refractivity (Wildman–Crippen MR) is 82.6 cm³/mol. The van der Waals surface area contributed by atoms with Gasteiger partial charge < -0.3 is 20.5 Å². The van der Waals surface area contributed by atoms with E-state index in [1.807, 2.05) is 37.3 Å². The Hall–Kier alpha value is -2.37. The highest BCUT2D eigenvalue weighted by Gasteiger charge is 2.14. The molecule has 0 heterocycles. The van der Waals surface area contributed by atoms with Gasteiger partial charge in [0.2, 0.25) is 5.91 Å². The first kappa shape index (κ1) is 17.7. The second-order valence-corrected chi connectivity index (χ2v) is 5.33. The summed E-state index contributed by atoms with van der Waals surface area (Å²) in [7, 11) is 0. The molecule has 0 bridgehead atoms. The van der Waals surface area contributed by atoms with Gasteiger partial charge in [0, 0.05) is 13.0 Å². The van der Waals surface area contributed by atoms with Crippen molar-refractivity contribution in [1.29, 1.82) is 0 Å². The quantitative estimate of drug-likeness (QED) is 0.604. The van der Waals surface area contributed by atoms with Crippen LogP contribution in [-0.4, -0.2) is 36.0 Å². The van der Waals surface area contributed by atoms with Gasteiger partial charge >= 0.3 is 6.09 Å². The molecule has 1 aromatic carbocycles. The Morgan fingerprint density at radius 2 is 1.95 bits per heavy atom. The van der Waals surface area contributed by atoms with Gasteiger partial charge in [0.1, 0.15) is 6.29 Å². The van der Waals surface area contributed by atoms with Gasteiger partial charge in [0.25, 0.3) is 0 Å². The highest BCUT2D eigenvalue weighted by atomic mass is 16.4. The minimum absolute atomic E-state index is 0.0378. The Balaban J connectivity index is 2.35. The second kappa shape index (κ2) is 9.55. The summed E-state index contributed by atoms with van der Waals surface area (Å²) in [5.41, 5.74) is 0.985. The lowest BCUT2D eigenvalue weighted by Gasteiger charge is -2.15. The van der Waals surface area contributed by atoms with Crippen LogP contribution in [0.4, 0.5) is 4.79 Å². The molecule has 0 fully saturated rings. The van der Waals surface area contributed by atoms with Crippen LogP contribution < -0.4 is 10.6 Å². The number of rotatable bonds is 9. The van der Waals surface area contributed by atoms with Gasteiger partial charge in [-0.2, -0.15) is 0 Å². The summed E-state index contributed by atoms with van der Waals surface area (Å²) < 4.78 is 0. The van der Waals surface area contributed by atoms with Gasteiger partial charge in [-0.25, -0.2) is 4.79 Å². The van der Waals surface area contributed by atoms with Gasteiger partial charge in [-0.1, -0.05) is 37.3 Å². The number of carboxylic acid groups (broad SMARTS) is 1. The van der Waals surface area contributed by atoms with E-state index in [0.29, 0.717) is 19.4 Å². The fourth-order valence-corrected chi connectivity index (χ4v) is 2.11. The first-order valence-corrected chi connectivity index (χ1v) is 7.26. The van der Waals surface area contributed by atoms with Gasteiger partial charge in [0.15, 0.2) is 0 Å². The monoisotopic (exact) mass is 306 g/mol. The number of hydrogen-bond acceptors (Lipinski definition) is 3. The fourth-order valence-electron chi connectivity index (χ4n) is 2.11. The Labute approximate surface area is 129 Å². The number of carbonyl (C=O) groups excluding carboxylic acids is 2. The first-order chi connectivity index (χ1) is 10.5. The zero-order chi connectivity index (χ0) is 16.4. The van der Waals surface area contributed by atoms with E-state index >= 15 is 0 Å². The summed E-state index contributed by atoms with van der Waals surface area (Å²) in [6.45, 7) is 2.18. The van der Waals surface area contributed by atoms with Crippen molar-refractivity contribution < 1.29 is 19.5 Å². The van der Waals surface area contributed by atoms with E-state index in [4.69, 9.17) is 5.11 Å². The van der Waals surface area contributed by atoms with Crippen LogP contribution in [0.25, 0.3) is 0 Å². The largest absolute Gasteiger partial charge is 0.465 e. The van der Waals surface area contributed by atoms with Crippen molar-refractivity contribution in [2.45, 2.75) is 32.2 Å². The van der Waals surface area contributed by atoms with Crippen LogP contribution in [0.15, 0.2) is 30.3 Å². The van der Waals surface area contributed by atoms with Gasteiger partial charge in [-0.15, -0.1) is 0 Å². The topological polar surface area (TPSA) is 95.5 Å². The summed E-state index contributed by atoms with van der Waals surface area (Å²) in [6, 6.07) is 8.93. The van der Waals surface area contributed by atoms with Crippen molar-refractivity contribution in [2.24, 2.45) is 5.92 Å². The Morgan fingerprint density at radius 1 is 1.27 bits per heavy atom. The van der Waals surface area contributed by atoms with E-state index < -0.39 is 12.1 Å². The molecule has 2 unspecified atom stereocenters. The number of nitrogens with one attached hydrogen (secondary N) is 2. The lowest BCUT2D eigenvalue weighted by atomic mass is 10.0. The molecule has 6 heteroatoms. The molecular formula is C16H22N2O4. The van der Waals surface area contributed by atoms with Crippen LogP contribution in [0.5, 0.6) is 0 Å². The van der Waals surface area contributed by atoms with Crippen LogP contribution in [0, 0.1) is 5.92 Å². The normalized spacial score (nSPS) is 13.0. The van der Waals surface area contributed by atoms with Crippen LogP contribution in [0.1, 0.15) is 25.3 Å². The Bertz CT molecular complexity index is 490. The molecule has 0 aliphatic carbocycles. The highest BCUT2D eigenvalue weighted by molar-refractivity contribution is 5.79. The van der Waals surface area contributed by atoms with Gasteiger partial charge in [0.05, 0.1) is 6.04 Å². The smallest absolute Gasteiger partial charge is 0.404 e.